The normalized spacial score (nSPS) is 11.0. The minimum absolute atomic E-state index is 0.157. The number of halogens is 3. The van der Waals surface area contributed by atoms with Crippen LogP contribution in [0, 0.1) is 0 Å². The summed E-state index contributed by atoms with van der Waals surface area (Å²) in [6, 6.07) is 15.1. The number of aromatic nitrogens is 1. The molecular weight excluding hydrogens is 383 g/mol. The van der Waals surface area contributed by atoms with Crippen LogP contribution in [0.5, 0.6) is 5.75 Å². The highest BCUT2D eigenvalue weighted by Gasteiger charge is 2.30. The largest absolute Gasteiger partial charge is 0.496 e. The molecule has 0 saturated heterocycles. The molecule has 1 amide bonds. The molecule has 5 nitrogen and oxygen atoms in total. The van der Waals surface area contributed by atoms with Gasteiger partial charge in [0, 0.05) is 24.0 Å². The average Bonchev–Trinajstić information content (AvgIpc) is 2.72. The highest BCUT2D eigenvalue weighted by molar-refractivity contribution is 5.99. The number of carbonyl (C=O) groups is 1. The van der Waals surface area contributed by atoms with Crippen LogP contribution in [0.25, 0.3) is 0 Å². The third-order valence-electron chi connectivity index (χ3n) is 4.14. The number of nitrogens with one attached hydrogen (secondary N) is 2. The summed E-state index contributed by atoms with van der Waals surface area (Å²) in [7, 11) is 1.54. The van der Waals surface area contributed by atoms with Crippen molar-refractivity contribution in [1.29, 1.82) is 0 Å². The van der Waals surface area contributed by atoms with Crippen molar-refractivity contribution in [2.45, 2.75) is 12.7 Å². The van der Waals surface area contributed by atoms with Crippen molar-refractivity contribution in [2.75, 3.05) is 12.4 Å². The Bertz CT molecular complexity index is 1010. The molecule has 0 spiro atoms. The lowest BCUT2D eigenvalue weighted by atomic mass is 10.1. The smallest absolute Gasteiger partial charge is 0.416 e. The van der Waals surface area contributed by atoms with E-state index in [0.29, 0.717) is 5.75 Å². The lowest BCUT2D eigenvalue weighted by Gasteiger charge is -2.13. The first-order chi connectivity index (χ1) is 13.9. The molecule has 0 fully saturated rings. The Hall–Kier alpha value is -3.55. The minimum atomic E-state index is -4.46. The van der Waals surface area contributed by atoms with Crippen molar-refractivity contribution in [1.82, 2.24) is 10.3 Å². The summed E-state index contributed by atoms with van der Waals surface area (Å²) in [6.07, 6.45) is -3.01. The number of anilines is 2. The number of carbonyl (C=O) groups excluding carboxylic acids is 1. The van der Waals surface area contributed by atoms with E-state index in [-0.39, 0.29) is 23.6 Å². The summed E-state index contributed by atoms with van der Waals surface area (Å²) < 4.78 is 44.0. The number of hydrogen-bond acceptors (Lipinski definition) is 4. The summed E-state index contributed by atoms with van der Waals surface area (Å²) in [5.74, 6) is 0.379. The summed E-state index contributed by atoms with van der Waals surface area (Å²) in [6.45, 7) is 0.223. The van der Waals surface area contributed by atoms with Gasteiger partial charge in [0.25, 0.3) is 5.91 Å². The Morgan fingerprint density at radius 2 is 1.86 bits per heavy atom. The Balaban J connectivity index is 1.77. The molecule has 0 unspecified atom stereocenters. The summed E-state index contributed by atoms with van der Waals surface area (Å²) in [4.78, 5) is 16.7. The van der Waals surface area contributed by atoms with Crippen LogP contribution in [0.1, 0.15) is 21.5 Å². The van der Waals surface area contributed by atoms with Gasteiger partial charge in [-0.3, -0.25) is 4.79 Å². The number of alkyl halides is 3. The fourth-order valence-corrected chi connectivity index (χ4v) is 2.72. The highest BCUT2D eigenvalue weighted by atomic mass is 19.4. The Labute approximate surface area is 165 Å². The third-order valence-corrected chi connectivity index (χ3v) is 4.14. The van der Waals surface area contributed by atoms with E-state index in [9.17, 15) is 18.0 Å². The van der Waals surface area contributed by atoms with E-state index >= 15 is 0 Å². The molecule has 0 radical (unpaired) electrons. The summed E-state index contributed by atoms with van der Waals surface area (Å²) in [5.41, 5.74) is 0.386. The van der Waals surface area contributed by atoms with Crippen molar-refractivity contribution in [3.63, 3.8) is 0 Å². The molecule has 0 aliphatic heterocycles. The second-order valence-corrected chi connectivity index (χ2v) is 6.10. The van der Waals surface area contributed by atoms with E-state index in [1.54, 1.807) is 25.3 Å². The topological polar surface area (TPSA) is 63.2 Å². The zero-order chi connectivity index (χ0) is 20.9. The third kappa shape index (κ3) is 5.04. The first-order valence-corrected chi connectivity index (χ1v) is 8.68. The molecule has 0 saturated carbocycles. The number of benzene rings is 2. The molecule has 8 heteroatoms. The number of methoxy groups -OCH3 is 1. The van der Waals surface area contributed by atoms with Crippen LogP contribution < -0.4 is 15.4 Å². The van der Waals surface area contributed by atoms with Crippen molar-refractivity contribution < 1.29 is 22.7 Å². The van der Waals surface area contributed by atoms with Gasteiger partial charge in [0.2, 0.25) is 0 Å². The second-order valence-electron chi connectivity index (χ2n) is 6.10. The van der Waals surface area contributed by atoms with Crippen LogP contribution >= 0.6 is 0 Å². The van der Waals surface area contributed by atoms with E-state index in [4.69, 9.17) is 4.74 Å². The standard InChI is InChI=1S/C21H18F3N3O2/c1-29-18-10-3-2-6-14(18)13-26-20(28)17-9-5-11-25-19(17)27-16-8-4-7-15(12-16)21(22,23)24/h2-12H,13H2,1H3,(H,25,27)(H,26,28). The van der Waals surface area contributed by atoms with Crippen molar-refractivity contribution in [2.24, 2.45) is 0 Å². The molecule has 0 atom stereocenters. The van der Waals surface area contributed by atoms with Crippen LogP contribution in [-0.4, -0.2) is 18.0 Å². The van der Waals surface area contributed by atoms with Crippen LogP contribution in [0.4, 0.5) is 24.7 Å². The van der Waals surface area contributed by atoms with Crippen LogP contribution in [-0.2, 0) is 12.7 Å². The molecular formula is C21H18F3N3O2. The zero-order valence-corrected chi connectivity index (χ0v) is 15.5. The highest BCUT2D eigenvalue weighted by Crippen LogP contribution is 2.31. The van der Waals surface area contributed by atoms with Crippen LogP contribution in [0.2, 0.25) is 0 Å². The number of hydrogen-bond donors (Lipinski definition) is 2. The molecule has 29 heavy (non-hydrogen) atoms. The molecule has 0 bridgehead atoms. The number of pyridine rings is 1. The Kier molecular flexibility index (Phi) is 6.01. The molecule has 2 aromatic carbocycles. The number of para-hydroxylation sites is 1. The SMILES string of the molecule is COc1ccccc1CNC(=O)c1cccnc1Nc1cccc(C(F)(F)F)c1. The predicted octanol–water partition coefficient (Wildman–Crippen LogP) is 4.78. The van der Waals surface area contributed by atoms with E-state index in [1.165, 1.54) is 18.3 Å². The van der Waals surface area contributed by atoms with Crippen LogP contribution in [0.3, 0.4) is 0 Å². The average molecular weight is 401 g/mol. The van der Waals surface area contributed by atoms with Crippen molar-refractivity contribution >= 4 is 17.4 Å². The summed E-state index contributed by atoms with van der Waals surface area (Å²) >= 11 is 0. The Morgan fingerprint density at radius 3 is 2.62 bits per heavy atom. The zero-order valence-electron chi connectivity index (χ0n) is 15.5. The van der Waals surface area contributed by atoms with E-state index in [2.05, 4.69) is 15.6 Å². The number of rotatable bonds is 6. The first kappa shape index (κ1) is 20.2. The predicted molar refractivity (Wildman–Crippen MR) is 103 cm³/mol. The Morgan fingerprint density at radius 1 is 1.07 bits per heavy atom. The van der Waals surface area contributed by atoms with Gasteiger partial charge < -0.3 is 15.4 Å². The van der Waals surface area contributed by atoms with Gasteiger partial charge in [-0.2, -0.15) is 13.2 Å². The van der Waals surface area contributed by atoms with E-state index in [0.717, 1.165) is 17.7 Å². The van der Waals surface area contributed by atoms with Gasteiger partial charge >= 0.3 is 6.18 Å². The van der Waals surface area contributed by atoms with Gasteiger partial charge in [0.1, 0.15) is 11.6 Å². The van der Waals surface area contributed by atoms with Crippen LogP contribution in [0.15, 0.2) is 66.9 Å². The van der Waals surface area contributed by atoms with Gasteiger partial charge in [-0.1, -0.05) is 24.3 Å². The second kappa shape index (κ2) is 8.64. The van der Waals surface area contributed by atoms with E-state index < -0.39 is 17.6 Å². The molecule has 2 N–H and O–H groups in total. The first-order valence-electron chi connectivity index (χ1n) is 8.68. The number of amides is 1. The number of ether oxygens (including phenoxy) is 1. The molecule has 150 valence electrons. The van der Waals surface area contributed by atoms with Crippen molar-refractivity contribution in [3.05, 3.63) is 83.6 Å². The summed E-state index contributed by atoms with van der Waals surface area (Å²) in [5, 5.41) is 5.56. The maximum Gasteiger partial charge on any atom is 0.416 e. The molecule has 0 aliphatic carbocycles. The molecule has 3 aromatic rings. The minimum Gasteiger partial charge on any atom is -0.496 e. The van der Waals surface area contributed by atoms with Gasteiger partial charge in [-0.25, -0.2) is 4.98 Å². The van der Waals surface area contributed by atoms with E-state index in [1.807, 2.05) is 18.2 Å². The fourth-order valence-electron chi connectivity index (χ4n) is 2.72. The lowest BCUT2D eigenvalue weighted by molar-refractivity contribution is -0.137. The monoisotopic (exact) mass is 401 g/mol. The number of nitrogens with zero attached hydrogens (tertiary/aromatic N) is 1. The van der Waals surface area contributed by atoms with Crippen molar-refractivity contribution in [3.8, 4) is 5.75 Å². The van der Waals surface area contributed by atoms with Gasteiger partial charge in [0.15, 0.2) is 0 Å². The van der Waals surface area contributed by atoms with Gasteiger partial charge in [-0.05, 0) is 36.4 Å². The van der Waals surface area contributed by atoms with Gasteiger partial charge in [-0.15, -0.1) is 0 Å². The fraction of sp³-hybridized carbons (Fsp3) is 0.143. The molecule has 1 heterocycles. The molecule has 1 aromatic heterocycles. The maximum absolute atomic E-state index is 12.9. The maximum atomic E-state index is 12.9. The molecule has 0 aliphatic rings. The quantitative estimate of drug-likeness (QED) is 0.624. The lowest BCUT2D eigenvalue weighted by Crippen LogP contribution is -2.24. The molecule has 3 rings (SSSR count). The van der Waals surface area contributed by atoms with Gasteiger partial charge in [0.05, 0.1) is 18.2 Å².